The fourth-order valence-electron chi connectivity index (χ4n) is 2.02. The van der Waals surface area contributed by atoms with E-state index in [2.05, 4.69) is 9.82 Å². The molecule has 0 unspecified atom stereocenters. The summed E-state index contributed by atoms with van der Waals surface area (Å²) in [5.74, 6) is 0. The minimum Gasteiger partial charge on any atom is -0.326 e. The van der Waals surface area contributed by atoms with E-state index in [9.17, 15) is 8.42 Å². The topological polar surface area (TPSA) is 90.0 Å². The predicted octanol–water partition coefficient (Wildman–Crippen LogP) is 1.32. The van der Waals surface area contributed by atoms with E-state index in [1.54, 1.807) is 37.0 Å². The van der Waals surface area contributed by atoms with Gasteiger partial charge in [0.2, 0.25) is 10.0 Å². The molecule has 6 nitrogen and oxygen atoms in total. The van der Waals surface area contributed by atoms with Crippen LogP contribution in [0.1, 0.15) is 16.8 Å². The Morgan fingerprint density at radius 2 is 2.14 bits per heavy atom. The molecule has 0 fully saturated rings. The van der Waals surface area contributed by atoms with Gasteiger partial charge in [-0.3, -0.25) is 4.68 Å². The zero-order chi connectivity index (χ0) is 15.6. The zero-order valence-electron chi connectivity index (χ0n) is 11.8. The predicted molar refractivity (Wildman–Crippen MR) is 81.3 cm³/mol. The van der Waals surface area contributed by atoms with Crippen LogP contribution in [-0.4, -0.2) is 18.2 Å². The van der Waals surface area contributed by atoms with Gasteiger partial charge in [-0.1, -0.05) is 11.6 Å². The van der Waals surface area contributed by atoms with Crippen LogP contribution in [0.4, 0.5) is 0 Å². The monoisotopic (exact) mass is 328 g/mol. The molecule has 1 aromatic heterocycles. The van der Waals surface area contributed by atoms with E-state index < -0.39 is 10.0 Å². The summed E-state index contributed by atoms with van der Waals surface area (Å²) in [6.07, 6.45) is 1.61. The SMILES string of the molecule is Cc1c(CN)cc(Cl)cc1S(=O)(=O)NCc1ccnn1C. The summed E-state index contributed by atoms with van der Waals surface area (Å²) < 4.78 is 29.0. The lowest BCUT2D eigenvalue weighted by Crippen LogP contribution is -2.25. The minimum absolute atomic E-state index is 0.151. The molecule has 1 aromatic carbocycles. The Kier molecular flexibility index (Phi) is 4.67. The number of nitrogens with zero attached hydrogens (tertiary/aromatic N) is 2. The molecule has 0 radical (unpaired) electrons. The molecular weight excluding hydrogens is 312 g/mol. The normalized spacial score (nSPS) is 11.8. The third kappa shape index (κ3) is 3.44. The molecule has 0 aliphatic rings. The quantitative estimate of drug-likeness (QED) is 0.866. The fraction of sp³-hybridized carbons (Fsp3) is 0.308. The number of rotatable bonds is 5. The molecule has 0 aliphatic heterocycles. The van der Waals surface area contributed by atoms with Gasteiger partial charge in [0, 0.05) is 24.8 Å². The number of aryl methyl sites for hydroxylation is 1. The van der Waals surface area contributed by atoms with Crippen molar-refractivity contribution in [3.63, 3.8) is 0 Å². The lowest BCUT2D eigenvalue weighted by Gasteiger charge is -2.13. The van der Waals surface area contributed by atoms with Crippen molar-refractivity contribution in [2.24, 2.45) is 12.8 Å². The smallest absolute Gasteiger partial charge is 0.241 e. The molecule has 0 bridgehead atoms. The second kappa shape index (κ2) is 6.15. The highest BCUT2D eigenvalue weighted by atomic mass is 35.5. The summed E-state index contributed by atoms with van der Waals surface area (Å²) in [5, 5.41) is 4.34. The van der Waals surface area contributed by atoms with Crippen molar-refractivity contribution in [3.05, 3.63) is 46.2 Å². The van der Waals surface area contributed by atoms with Crippen LogP contribution in [-0.2, 0) is 30.2 Å². The van der Waals surface area contributed by atoms with Crippen molar-refractivity contribution < 1.29 is 8.42 Å². The molecule has 2 rings (SSSR count). The van der Waals surface area contributed by atoms with Crippen LogP contribution in [0, 0.1) is 6.92 Å². The molecule has 8 heteroatoms. The van der Waals surface area contributed by atoms with Gasteiger partial charge >= 0.3 is 0 Å². The molecule has 21 heavy (non-hydrogen) atoms. The first-order chi connectivity index (χ1) is 9.85. The number of aromatic nitrogens is 2. The molecule has 0 atom stereocenters. The number of sulfonamides is 1. The van der Waals surface area contributed by atoms with E-state index in [0.717, 1.165) is 5.69 Å². The number of hydrogen-bond donors (Lipinski definition) is 2. The van der Waals surface area contributed by atoms with Crippen LogP contribution >= 0.6 is 11.6 Å². The molecule has 0 amide bonds. The zero-order valence-corrected chi connectivity index (χ0v) is 13.4. The van der Waals surface area contributed by atoms with Gasteiger partial charge in [0.25, 0.3) is 0 Å². The van der Waals surface area contributed by atoms with Crippen molar-refractivity contribution in [1.82, 2.24) is 14.5 Å². The highest BCUT2D eigenvalue weighted by Gasteiger charge is 2.19. The van der Waals surface area contributed by atoms with E-state index in [1.807, 2.05) is 0 Å². The lowest BCUT2D eigenvalue weighted by molar-refractivity contribution is 0.576. The van der Waals surface area contributed by atoms with Crippen LogP contribution in [0.2, 0.25) is 5.02 Å². The standard InChI is InChI=1S/C13H17ClN4O2S/c1-9-10(7-15)5-11(14)6-13(9)21(19,20)17-8-12-3-4-16-18(12)2/h3-6,17H,7-8,15H2,1-2H3. The summed E-state index contributed by atoms with van der Waals surface area (Å²) in [4.78, 5) is 0.151. The van der Waals surface area contributed by atoms with Gasteiger partial charge in [0.15, 0.2) is 0 Å². The van der Waals surface area contributed by atoms with Crippen LogP contribution in [0.15, 0.2) is 29.3 Å². The largest absolute Gasteiger partial charge is 0.326 e. The van der Waals surface area contributed by atoms with E-state index in [1.165, 1.54) is 6.07 Å². The van der Waals surface area contributed by atoms with Crippen molar-refractivity contribution in [2.45, 2.75) is 24.9 Å². The fourth-order valence-corrected chi connectivity index (χ4v) is 3.64. The molecule has 0 saturated carbocycles. The summed E-state index contributed by atoms with van der Waals surface area (Å²) in [6, 6.07) is 4.86. The van der Waals surface area contributed by atoms with Gasteiger partial charge in [-0.15, -0.1) is 0 Å². The van der Waals surface area contributed by atoms with Crippen LogP contribution in [0.25, 0.3) is 0 Å². The van der Waals surface area contributed by atoms with Gasteiger partial charge in [0.05, 0.1) is 17.1 Å². The van der Waals surface area contributed by atoms with Crippen molar-refractivity contribution >= 4 is 21.6 Å². The number of nitrogens with two attached hydrogens (primary N) is 1. The van der Waals surface area contributed by atoms with E-state index in [4.69, 9.17) is 17.3 Å². The number of halogens is 1. The summed E-state index contributed by atoms with van der Waals surface area (Å²) in [6.45, 7) is 2.11. The molecule has 3 N–H and O–H groups in total. The van der Waals surface area contributed by atoms with Crippen molar-refractivity contribution in [2.75, 3.05) is 0 Å². The van der Waals surface area contributed by atoms with E-state index >= 15 is 0 Å². The van der Waals surface area contributed by atoms with Crippen molar-refractivity contribution in [3.8, 4) is 0 Å². The Morgan fingerprint density at radius 1 is 1.43 bits per heavy atom. The molecule has 0 aliphatic carbocycles. The summed E-state index contributed by atoms with van der Waals surface area (Å²) in [5.41, 5.74) is 7.70. The second-order valence-electron chi connectivity index (χ2n) is 4.66. The Balaban J connectivity index is 2.32. The first-order valence-electron chi connectivity index (χ1n) is 6.31. The first kappa shape index (κ1) is 16.0. The first-order valence-corrected chi connectivity index (χ1v) is 8.17. The third-order valence-electron chi connectivity index (χ3n) is 3.31. The van der Waals surface area contributed by atoms with Crippen LogP contribution < -0.4 is 10.5 Å². The lowest BCUT2D eigenvalue weighted by atomic mass is 10.1. The Hall–Kier alpha value is -1.41. The second-order valence-corrected chi connectivity index (χ2v) is 6.83. The molecule has 0 spiro atoms. The van der Waals surface area contributed by atoms with Gasteiger partial charge in [-0.2, -0.15) is 5.10 Å². The summed E-state index contributed by atoms with van der Waals surface area (Å²) >= 11 is 5.97. The Bertz CT molecular complexity index is 756. The van der Waals surface area contributed by atoms with E-state index in [-0.39, 0.29) is 18.0 Å². The number of hydrogen-bond acceptors (Lipinski definition) is 4. The minimum atomic E-state index is -3.67. The molecule has 2 aromatic rings. The maximum atomic E-state index is 12.4. The van der Waals surface area contributed by atoms with Gasteiger partial charge < -0.3 is 5.73 Å². The van der Waals surface area contributed by atoms with Gasteiger partial charge in [-0.25, -0.2) is 13.1 Å². The summed E-state index contributed by atoms with van der Waals surface area (Å²) in [7, 11) is -1.92. The Morgan fingerprint density at radius 3 is 2.71 bits per heavy atom. The maximum absolute atomic E-state index is 12.4. The molecule has 0 saturated heterocycles. The maximum Gasteiger partial charge on any atom is 0.241 e. The molecular formula is C13H17ClN4O2S. The van der Waals surface area contributed by atoms with Crippen molar-refractivity contribution in [1.29, 1.82) is 0 Å². The number of nitrogens with one attached hydrogen (secondary N) is 1. The Labute approximate surface area is 129 Å². The average Bonchev–Trinajstić information content (AvgIpc) is 2.84. The highest BCUT2D eigenvalue weighted by Crippen LogP contribution is 2.24. The number of benzene rings is 1. The van der Waals surface area contributed by atoms with Crippen LogP contribution in [0.5, 0.6) is 0 Å². The van der Waals surface area contributed by atoms with Gasteiger partial charge in [-0.05, 0) is 36.2 Å². The molecule has 114 valence electrons. The average molecular weight is 329 g/mol. The van der Waals surface area contributed by atoms with Crippen LogP contribution in [0.3, 0.4) is 0 Å². The molecule has 1 heterocycles. The van der Waals surface area contributed by atoms with E-state index in [0.29, 0.717) is 16.1 Å². The third-order valence-corrected chi connectivity index (χ3v) is 5.05. The van der Waals surface area contributed by atoms with Gasteiger partial charge in [0.1, 0.15) is 0 Å². The highest BCUT2D eigenvalue weighted by molar-refractivity contribution is 7.89.